The Hall–Kier alpha value is -0.610. The van der Waals surface area contributed by atoms with Crippen LogP contribution in [0.2, 0.25) is 0 Å². The molecule has 0 aromatic heterocycles. The van der Waals surface area contributed by atoms with Crippen molar-refractivity contribution in [3.05, 3.63) is 28.5 Å². The first-order valence-corrected chi connectivity index (χ1v) is 6.04. The van der Waals surface area contributed by atoms with Crippen molar-refractivity contribution in [2.45, 2.75) is 19.9 Å². The summed E-state index contributed by atoms with van der Waals surface area (Å²) < 4.78 is 18.9. The lowest BCUT2D eigenvalue weighted by molar-refractivity contribution is 0.171. The molecule has 1 aromatic carbocycles. The highest BCUT2D eigenvalue weighted by atomic mass is 79.9. The van der Waals surface area contributed by atoms with Gasteiger partial charge in [0.05, 0.1) is 17.1 Å². The summed E-state index contributed by atoms with van der Waals surface area (Å²) in [5.74, 6) is 0.164. The normalized spacial score (nSPS) is 12.9. The van der Waals surface area contributed by atoms with E-state index in [-0.39, 0.29) is 11.9 Å². The van der Waals surface area contributed by atoms with Crippen molar-refractivity contribution < 1.29 is 9.13 Å². The topological polar surface area (TPSA) is 21.3 Å². The number of ether oxygens (including phenoxy) is 1. The van der Waals surface area contributed by atoms with E-state index in [0.717, 1.165) is 5.69 Å². The fourth-order valence-electron chi connectivity index (χ4n) is 1.38. The van der Waals surface area contributed by atoms with Crippen LogP contribution in [-0.4, -0.2) is 19.8 Å². The molecular weight excluding hydrogens is 273 g/mol. The molecule has 0 bridgehead atoms. The molecule has 0 amide bonds. The lowest BCUT2D eigenvalue weighted by Crippen LogP contribution is -2.30. The maximum absolute atomic E-state index is 13.3. The van der Waals surface area contributed by atoms with Crippen LogP contribution in [0.1, 0.15) is 13.8 Å². The minimum absolute atomic E-state index is 0.186. The van der Waals surface area contributed by atoms with Gasteiger partial charge in [0.15, 0.2) is 0 Å². The van der Waals surface area contributed by atoms with Gasteiger partial charge >= 0.3 is 0 Å². The molecule has 0 radical (unpaired) electrons. The van der Waals surface area contributed by atoms with Crippen LogP contribution in [0, 0.1) is 11.7 Å². The van der Waals surface area contributed by atoms with Gasteiger partial charge in [-0.05, 0) is 40.0 Å². The first-order valence-electron chi connectivity index (χ1n) is 5.25. The van der Waals surface area contributed by atoms with Crippen molar-refractivity contribution in [3.63, 3.8) is 0 Å². The molecule has 0 aliphatic carbocycles. The summed E-state index contributed by atoms with van der Waals surface area (Å²) in [6.45, 7) is 4.81. The quantitative estimate of drug-likeness (QED) is 0.893. The highest BCUT2D eigenvalue weighted by Crippen LogP contribution is 2.21. The fraction of sp³-hybridized carbons (Fsp3) is 0.500. The van der Waals surface area contributed by atoms with Gasteiger partial charge in [0.1, 0.15) is 5.82 Å². The van der Waals surface area contributed by atoms with Crippen LogP contribution in [0.25, 0.3) is 0 Å². The Kier molecular flexibility index (Phi) is 5.22. The van der Waals surface area contributed by atoms with E-state index in [9.17, 15) is 4.39 Å². The number of benzene rings is 1. The van der Waals surface area contributed by atoms with E-state index in [1.165, 1.54) is 6.07 Å². The van der Waals surface area contributed by atoms with Gasteiger partial charge in [0.25, 0.3) is 0 Å². The van der Waals surface area contributed by atoms with E-state index >= 15 is 0 Å². The average Bonchev–Trinajstić information content (AvgIpc) is 2.22. The van der Waals surface area contributed by atoms with E-state index in [2.05, 4.69) is 35.1 Å². The van der Waals surface area contributed by atoms with Crippen LogP contribution in [0.5, 0.6) is 0 Å². The zero-order valence-corrected chi connectivity index (χ0v) is 11.3. The maximum atomic E-state index is 13.3. The van der Waals surface area contributed by atoms with Crippen molar-refractivity contribution in [1.29, 1.82) is 0 Å². The summed E-state index contributed by atoms with van der Waals surface area (Å²) in [7, 11) is 1.67. The molecule has 16 heavy (non-hydrogen) atoms. The van der Waals surface area contributed by atoms with Gasteiger partial charge in [-0.3, -0.25) is 0 Å². The minimum atomic E-state index is -0.259. The summed E-state index contributed by atoms with van der Waals surface area (Å²) in [5, 5.41) is 3.26. The van der Waals surface area contributed by atoms with Crippen LogP contribution >= 0.6 is 15.9 Å². The summed E-state index contributed by atoms with van der Waals surface area (Å²) in [6.07, 6.45) is 0. The van der Waals surface area contributed by atoms with Gasteiger partial charge < -0.3 is 10.1 Å². The number of rotatable bonds is 5. The molecule has 0 aliphatic rings. The Morgan fingerprint density at radius 1 is 1.44 bits per heavy atom. The van der Waals surface area contributed by atoms with Crippen LogP contribution in [-0.2, 0) is 4.74 Å². The third-order valence-corrected chi connectivity index (χ3v) is 3.07. The van der Waals surface area contributed by atoms with Gasteiger partial charge in [-0.15, -0.1) is 0 Å². The third-order valence-electron chi connectivity index (χ3n) is 2.42. The van der Waals surface area contributed by atoms with Crippen LogP contribution in [0.15, 0.2) is 22.7 Å². The predicted molar refractivity (Wildman–Crippen MR) is 68.2 cm³/mol. The summed E-state index contributed by atoms with van der Waals surface area (Å²) in [5.41, 5.74) is 0.774. The Morgan fingerprint density at radius 2 is 2.12 bits per heavy atom. The Bertz CT molecular complexity index is 344. The van der Waals surface area contributed by atoms with Gasteiger partial charge in [0.2, 0.25) is 0 Å². The van der Waals surface area contributed by atoms with Gasteiger partial charge in [0, 0.05) is 12.8 Å². The number of halogens is 2. The smallest absolute Gasteiger partial charge is 0.139 e. The molecule has 1 rings (SSSR count). The molecule has 0 aliphatic heterocycles. The molecule has 0 saturated carbocycles. The second kappa shape index (κ2) is 6.21. The molecule has 1 unspecified atom stereocenters. The summed E-state index contributed by atoms with van der Waals surface area (Å²) >= 11 is 3.13. The zero-order chi connectivity index (χ0) is 12.1. The Morgan fingerprint density at radius 3 is 2.62 bits per heavy atom. The second-order valence-electron chi connectivity index (χ2n) is 4.08. The monoisotopic (exact) mass is 289 g/mol. The van der Waals surface area contributed by atoms with Crippen molar-refractivity contribution in [2.75, 3.05) is 19.0 Å². The summed E-state index contributed by atoms with van der Waals surface area (Å²) in [6, 6.07) is 5.21. The van der Waals surface area contributed by atoms with E-state index in [0.29, 0.717) is 17.0 Å². The van der Waals surface area contributed by atoms with Crippen molar-refractivity contribution in [2.24, 2.45) is 5.92 Å². The first kappa shape index (κ1) is 13.5. The third kappa shape index (κ3) is 3.76. The van der Waals surface area contributed by atoms with Crippen LogP contribution in [0.4, 0.5) is 10.1 Å². The number of anilines is 1. The van der Waals surface area contributed by atoms with E-state index in [1.54, 1.807) is 13.2 Å². The largest absolute Gasteiger partial charge is 0.383 e. The standard InChI is InChI=1S/C12H17BrFNO/c1-8(2)12(7-16-3)15-9-4-5-10(13)11(14)6-9/h4-6,8,12,15H,7H2,1-3H3. The van der Waals surface area contributed by atoms with Crippen molar-refractivity contribution in [1.82, 2.24) is 0 Å². The molecule has 0 saturated heterocycles. The molecule has 1 aromatic rings. The summed E-state index contributed by atoms with van der Waals surface area (Å²) in [4.78, 5) is 0. The van der Waals surface area contributed by atoms with E-state index < -0.39 is 0 Å². The molecule has 1 N–H and O–H groups in total. The number of methoxy groups -OCH3 is 1. The maximum Gasteiger partial charge on any atom is 0.139 e. The van der Waals surface area contributed by atoms with Crippen LogP contribution in [0.3, 0.4) is 0 Å². The lowest BCUT2D eigenvalue weighted by atomic mass is 10.1. The highest BCUT2D eigenvalue weighted by Gasteiger charge is 2.13. The fourth-order valence-corrected chi connectivity index (χ4v) is 1.63. The Labute approximate surface area is 104 Å². The molecule has 2 nitrogen and oxygen atoms in total. The predicted octanol–water partition coefficient (Wildman–Crippen LogP) is 3.67. The van der Waals surface area contributed by atoms with Crippen molar-refractivity contribution >= 4 is 21.6 Å². The molecule has 1 atom stereocenters. The average molecular weight is 290 g/mol. The van der Waals surface area contributed by atoms with E-state index in [4.69, 9.17) is 4.74 Å². The lowest BCUT2D eigenvalue weighted by Gasteiger charge is -2.22. The number of nitrogens with one attached hydrogen (secondary N) is 1. The van der Waals surface area contributed by atoms with Gasteiger partial charge in [-0.25, -0.2) is 4.39 Å². The molecule has 4 heteroatoms. The molecule has 0 heterocycles. The molecule has 90 valence electrons. The zero-order valence-electron chi connectivity index (χ0n) is 9.76. The second-order valence-corrected chi connectivity index (χ2v) is 4.93. The van der Waals surface area contributed by atoms with Crippen LogP contribution < -0.4 is 5.32 Å². The molecule has 0 spiro atoms. The minimum Gasteiger partial charge on any atom is -0.383 e. The number of hydrogen-bond acceptors (Lipinski definition) is 2. The van der Waals surface area contributed by atoms with Gasteiger partial charge in [-0.1, -0.05) is 13.8 Å². The molecule has 0 fully saturated rings. The first-order chi connectivity index (χ1) is 7.54. The number of hydrogen-bond donors (Lipinski definition) is 1. The molecular formula is C12H17BrFNO. The SMILES string of the molecule is COCC(Nc1ccc(Br)c(F)c1)C(C)C. The van der Waals surface area contributed by atoms with Gasteiger partial charge in [-0.2, -0.15) is 0 Å². The van der Waals surface area contributed by atoms with E-state index in [1.807, 2.05) is 6.07 Å². The highest BCUT2D eigenvalue weighted by molar-refractivity contribution is 9.10. The Balaban J connectivity index is 2.73. The van der Waals surface area contributed by atoms with Crippen molar-refractivity contribution in [3.8, 4) is 0 Å².